The summed E-state index contributed by atoms with van der Waals surface area (Å²) in [5.41, 5.74) is 0.504. The zero-order valence-corrected chi connectivity index (χ0v) is 13.3. The van der Waals surface area contributed by atoms with Gasteiger partial charge in [0, 0.05) is 13.1 Å². The van der Waals surface area contributed by atoms with E-state index in [0.29, 0.717) is 5.41 Å². The number of nitrogens with zero attached hydrogens (tertiary/aromatic N) is 2. The van der Waals surface area contributed by atoms with Crippen molar-refractivity contribution in [3.8, 4) is 0 Å². The Balaban J connectivity index is 2.23. The summed E-state index contributed by atoms with van der Waals surface area (Å²) in [7, 11) is 0. The number of hydrogen-bond donors (Lipinski definition) is 0. The lowest BCUT2D eigenvalue weighted by molar-refractivity contribution is 0.103. The first kappa shape index (κ1) is 16.0. The van der Waals surface area contributed by atoms with E-state index in [-0.39, 0.29) is 0 Å². The maximum atomic E-state index is 2.67. The fraction of sp³-hybridized carbons (Fsp3) is 1.00. The second-order valence-corrected chi connectivity index (χ2v) is 6.92. The van der Waals surface area contributed by atoms with Crippen LogP contribution in [0.1, 0.15) is 53.9 Å². The Morgan fingerprint density at radius 2 is 1.67 bits per heavy atom. The van der Waals surface area contributed by atoms with E-state index in [1.54, 1.807) is 0 Å². The van der Waals surface area contributed by atoms with Gasteiger partial charge in [0.2, 0.25) is 0 Å². The zero-order chi connectivity index (χ0) is 13.6. The lowest BCUT2D eigenvalue weighted by atomic mass is 9.75. The van der Waals surface area contributed by atoms with Crippen molar-refractivity contribution >= 4 is 0 Å². The summed E-state index contributed by atoms with van der Waals surface area (Å²) in [5, 5.41) is 0. The van der Waals surface area contributed by atoms with Crippen LogP contribution in [0.3, 0.4) is 0 Å². The first-order chi connectivity index (χ1) is 8.47. The molecule has 0 aliphatic carbocycles. The Morgan fingerprint density at radius 1 is 1.06 bits per heavy atom. The summed E-state index contributed by atoms with van der Waals surface area (Å²) in [6, 6.07) is 0. The maximum absolute atomic E-state index is 2.67. The molecule has 1 rings (SSSR count). The molecule has 1 heterocycles. The molecule has 0 radical (unpaired) electrons. The summed E-state index contributed by atoms with van der Waals surface area (Å²) in [5.74, 6) is 0.923. The molecule has 2 nitrogen and oxygen atoms in total. The van der Waals surface area contributed by atoms with Gasteiger partial charge in [-0.3, -0.25) is 0 Å². The molecule has 0 spiro atoms. The van der Waals surface area contributed by atoms with Crippen molar-refractivity contribution in [3.63, 3.8) is 0 Å². The summed E-state index contributed by atoms with van der Waals surface area (Å²) in [6.45, 7) is 19.3. The number of hydrogen-bond acceptors (Lipinski definition) is 2. The monoisotopic (exact) mass is 254 g/mol. The number of likely N-dealkylation sites (N-methyl/N-ethyl adjacent to an activating group) is 1. The summed E-state index contributed by atoms with van der Waals surface area (Å²) < 4.78 is 0. The first-order valence-electron chi connectivity index (χ1n) is 7.92. The van der Waals surface area contributed by atoms with E-state index in [4.69, 9.17) is 0 Å². The van der Waals surface area contributed by atoms with Crippen LogP contribution in [0.25, 0.3) is 0 Å². The van der Waals surface area contributed by atoms with E-state index in [2.05, 4.69) is 44.4 Å². The van der Waals surface area contributed by atoms with Crippen LogP contribution < -0.4 is 0 Å². The standard InChI is InChI=1S/C16H34N2/c1-6-10-17(7-2)13-14-18-11-8-15(9-12-18)16(3,4)5/h15H,6-14H2,1-5H3. The number of rotatable bonds is 6. The van der Waals surface area contributed by atoms with Crippen molar-refractivity contribution in [1.29, 1.82) is 0 Å². The van der Waals surface area contributed by atoms with Gasteiger partial charge in [0.25, 0.3) is 0 Å². The lowest BCUT2D eigenvalue weighted by Gasteiger charge is -2.39. The third-order valence-corrected chi connectivity index (χ3v) is 4.53. The molecule has 1 saturated heterocycles. The molecule has 1 aliphatic heterocycles. The lowest BCUT2D eigenvalue weighted by Crippen LogP contribution is -2.42. The van der Waals surface area contributed by atoms with E-state index in [0.717, 1.165) is 5.92 Å². The minimum Gasteiger partial charge on any atom is -0.302 e. The van der Waals surface area contributed by atoms with Gasteiger partial charge in [-0.15, -0.1) is 0 Å². The smallest absolute Gasteiger partial charge is 0.0109 e. The van der Waals surface area contributed by atoms with Crippen molar-refractivity contribution < 1.29 is 0 Å². The molecule has 0 unspecified atom stereocenters. The molecule has 18 heavy (non-hydrogen) atoms. The fourth-order valence-corrected chi connectivity index (χ4v) is 3.05. The van der Waals surface area contributed by atoms with Crippen LogP contribution in [-0.4, -0.2) is 49.1 Å². The van der Waals surface area contributed by atoms with E-state index in [1.807, 2.05) is 0 Å². The molecule has 0 aromatic carbocycles. The van der Waals surface area contributed by atoms with Crippen molar-refractivity contribution in [2.75, 3.05) is 39.3 Å². The van der Waals surface area contributed by atoms with Gasteiger partial charge in [-0.25, -0.2) is 0 Å². The van der Waals surface area contributed by atoms with Crippen LogP contribution in [0.4, 0.5) is 0 Å². The van der Waals surface area contributed by atoms with Gasteiger partial charge in [-0.05, 0) is 56.8 Å². The highest BCUT2D eigenvalue weighted by Gasteiger charge is 2.28. The van der Waals surface area contributed by atoms with Crippen LogP contribution >= 0.6 is 0 Å². The second kappa shape index (κ2) is 7.49. The Kier molecular flexibility index (Phi) is 6.65. The molecule has 1 aliphatic rings. The van der Waals surface area contributed by atoms with Gasteiger partial charge in [0.15, 0.2) is 0 Å². The van der Waals surface area contributed by atoms with E-state index >= 15 is 0 Å². The maximum Gasteiger partial charge on any atom is 0.0109 e. The predicted molar refractivity (Wildman–Crippen MR) is 81.0 cm³/mol. The van der Waals surface area contributed by atoms with Crippen LogP contribution in [-0.2, 0) is 0 Å². The number of piperidine rings is 1. The fourth-order valence-electron chi connectivity index (χ4n) is 3.05. The minimum absolute atomic E-state index is 0.504. The van der Waals surface area contributed by atoms with Crippen molar-refractivity contribution in [3.05, 3.63) is 0 Å². The van der Waals surface area contributed by atoms with E-state index in [1.165, 1.54) is 58.5 Å². The Labute approximate surface area is 115 Å². The van der Waals surface area contributed by atoms with Crippen molar-refractivity contribution in [2.24, 2.45) is 11.3 Å². The quantitative estimate of drug-likeness (QED) is 0.716. The highest BCUT2D eigenvalue weighted by molar-refractivity contribution is 4.80. The average Bonchev–Trinajstić information content (AvgIpc) is 2.34. The van der Waals surface area contributed by atoms with Gasteiger partial charge >= 0.3 is 0 Å². The van der Waals surface area contributed by atoms with Crippen molar-refractivity contribution in [1.82, 2.24) is 9.80 Å². The number of likely N-dealkylation sites (tertiary alicyclic amines) is 1. The molecule has 0 bridgehead atoms. The van der Waals surface area contributed by atoms with Crippen molar-refractivity contribution in [2.45, 2.75) is 53.9 Å². The molecule has 0 N–H and O–H groups in total. The molecule has 1 fully saturated rings. The van der Waals surface area contributed by atoms with Crippen LogP contribution in [0.5, 0.6) is 0 Å². The zero-order valence-electron chi connectivity index (χ0n) is 13.3. The van der Waals surface area contributed by atoms with Crippen LogP contribution in [0.15, 0.2) is 0 Å². The Hall–Kier alpha value is -0.0800. The van der Waals surface area contributed by atoms with E-state index < -0.39 is 0 Å². The molecule has 0 atom stereocenters. The van der Waals surface area contributed by atoms with E-state index in [9.17, 15) is 0 Å². The largest absolute Gasteiger partial charge is 0.302 e. The molecule has 0 amide bonds. The molecular formula is C16H34N2. The summed E-state index contributed by atoms with van der Waals surface area (Å²) in [4.78, 5) is 5.25. The van der Waals surface area contributed by atoms with Crippen LogP contribution in [0.2, 0.25) is 0 Å². The SMILES string of the molecule is CCCN(CC)CCN1CCC(C(C)(C)C)CC1. The Morgan fingerprint density at radius 3 is 2.11 bits per heavy atom. The normalized spacial score (nSPS) is 19.7. The predicted octanol–water partition coefficient (Wildman–Crippen LogP) is 3.48. The van der Waals surface area contributed by atoms with Crippen LogP contribution in [0, 0.1) is 11.3 Å². The highest BCUT2D eigenvalue weighted by Crippen LogP contribution is 2.34. The van der Waals surface area contributed by atoms with Gasteiger partial charge in [-0.1, -0.05) is 34.6 Å². The topological polar surface area (TPSA) is 6.48 Å². The molecule has 2 heteroatoms. The highest BCUT2D eigenvalue weighted by atomic mass is 15.2. The third-order valence-electron chi connectivity index (χ3n) is 4.53. The molecule has 0 saturated carbocycles. The second-order valence-electron chi connectivity index (χ2n) is 6.92. The van der Waals surface area contributed by atoms with Gasteiger partial charge < -0.3 is 9.80 Å². The molecule has 0 aromatic rings. The summed E-state index contributed by atoms with van der Waals surface area (Å²) in [6.07, 6.45) is 4.06. The summed E-state index contributed by atoms with van der Waals surface area (Å²) >= 11 is 0. The third kappa shape index (κ3) is 5.27. The van der Waals surface area contributed by atoms with Gasteiger partial charge in [0.05, 0.1) is 0 Å². The molecular weight excluding hydrogens is 220 g/mol. The van der Waals surface area contributed by atoms with Gasteiger partial charge in [0.1, 0.15) is 0 Å². The Bertz CT molecular complexity index is 212. The first-order valence-corrected chi connectivity index (χ1v) is 7.92. The average molecular weight is 254 g/mol. The minimum atomic E-state index is 0.504. The molecule has 0 aromatic heterocycles. The van der Waals surface area contributed by atoms with Gasteiger partial charge in [-0.2, -0.15) is 0 Å². The molecule has 108 valence electrons.